The van der Waals surface area contributed by atoms with Crippen LogP contribution in [0, 0.1) is 0 Å². The molecular formula is C28H28ClN6NaO7S2. The number of anilines is 3. The van der Waals surface area contributed by atoms with Crippen LogP contribution >= 0.6 is 11.6 Å². The molecule has 0 aliphatic rings. The first kappa shape index (κ1) is 36.0. The third kappa shape index (κ3) is 8.43. The molecule has 0 saturated heterocycles. The third-order valence-electron chi connectivity index (χ3n) is 6.35. The maximum absolute atomic E-state index is 13.9. The molecule has 0 unspecified atom stereocenters. The fraction of sp³-hybridized carbons (Fsp3) is 0.179. The van der Waals surface area contributed by atoms with E-state index < -0.39 is 36.8 Å². The van der Waals surface area contributed by atoms with Gasteiger partial charge in [-0.1, -0.05) is 18.2 Å². The Balaban J connectivity index is 0.00000552. The zero-order valence-electron chi connectivity index (χ0n) is 24.3. The zero-order chi connectivity index (χ0) is 32.1. The van der Waals surface area contributed by atoms with E-state index >= 15 is 0 Å². The number of phenols is 1. The molecule has 5 N–H and O–H groups in total. The van der Waals surface area contributed by atoms with Crippen LogP contribution in [-0.4, -0.2) is 51.5 Å². The number of hydrogen-bond donors (Lipinski definition) is 4. The summed E-state index contributed by atoms with van der Waals surface area (Å²) in [5.41, 5.74) is 6.84. The summed E-state index contributed by atoms with van der Waals surface area (Å²) >= 11 is 5.62. The summed E-state index contributed by atoms with van der Waals surface area (Å²) in [6.45, 7) is 2.13. The summed E-state index contributed by atoms with van der Waals surface area (Å²) in [6.07, 6.45) is 0.617. The number of rotatable bonds is 11. The van der Waals surface area contributed by atoms with Crippen LogP contribution in [0.5, 0.6) is 5.75 Å². The van der Waals surface area contributed by atoms with Crippen LogP contribution in [0.4, 0.5) is 33.2 Å². The summed E-state index contributed by atoms with van der Waals surface area (Å²) in [5.74, 6) is -0.151. The Morgan fingerprint density at radius 2 is 1.71 bits per heavy atom. The number of phenolic OH excluding ortho intramolecular Hbond substituents is 1. The van der Waals surface area contributed by atoms with Gasteiger partial charge in [0.05, 0.1) is 21.7 Å². The van der Waals surface area contributed by atoms with Gasteiger partial charge in [0.2, 0.25) is 0 Å². The number of carbonyl (C=O) groups excluding carboxylic acids is 1. The van der Waals surface area contributed by atoms with Crippen LogP contribution < -0.4 is 50.2 Å². The molecule has 2 amide bonds. The van der Waals surface area contributed by atoms with Crippen molar-refractivity contribution in [2.24, 2.45) is 10.2 Å². The number of sulfonamides is 1. The molecule has 4 aromatic rings. The van der Waals surface area contributed by atoms with Crippen LogP contribution in [0.25, 0.3) is 10.8 Å². The van der Waals surface area contributed by atoms with E-state index in [-0.39, 0.29) is 68.8 Å². The summed E-state index contributed by atoms with van der Waals surface area (Å²) in [6, 6.07) is 16.4. The van der Waals surface area contributed by atoms with Gasteiger partial charge in [-0.15, -0.1) is 21.8 Å². The van der Waals surface area contributed by atoms with Crippen molar-refractivity contribution in [2.75, 3.05) is 34.3 Å². The molecule has 0 atom stereocenters. The van der Waals surface area contributed by atoms with Gasteiger partial charge in [0, 0.05) is 24.7 Å². The molecule has 0 heterocycles. The Morgan fingerprint density at radius 3 is 2.36 bits per heavy atom. The van der Waals surface area contributed by atoms with E-state index in [2.05, 4.69) is 20.9 Å². The van der Waals surface area contributed by atoms with Gasteiger partial charge in [0.15, 0.2) is 0 Å². The van der Waals surface area contributed by atoms with Crippen molar-refractivity contribution in [3.05, 3.63) is 72.8 Å². The molecule has 0 aromatic heterocycles. The third-order valence-corrected chi connectivity index (χ3v) is 9.38. The monoisotopic (exact) mass is 682 g/mol. The Kier molecular flexibility index (Phi) is 12.2. The normalized spacial score (nSPS) is 11.7. The second kappa shape index (κ2) is 15.2. The minimum Gasteiger partial charge on any atom is -0.744 e. The summed E-state index contributed by atoms with van der Waals surface area (Å²) in [7, 11) is -9.04. The van der Waals surface area contributed by atoms with Gasteiger partial charge in [-0.2, -0.15) is 0 Å². The number of nitrogen functional groups attached to an aromatic ring is 1. The molecule has 0 spiro atoms. The number of nitrogens with one attached hydrogen (secondary N) is 2. The average molecular weight is 683 g/mol. The molecule has 13 nitrogen and oxygen atoms in total. The van der Waals surface area contributed by atoms with E-state index in [1.54, 1.807) is 37.3 Å². The van der Waals surface area contributed by atoms with Gasteiger partial charge in [-0.05, 0) is 73.3 Å². The van der Waals surface area contributed by atoms with Crippen molar-refractivity contribution in [1.29, 1.82) is 0 Å². The number of amides is 2. The maximum atomic E-state index is 13.9. The first-order valence-electron chi connectivity index (χ1n) is 13.1. The van der Waals surface area contributed by atoms with Gasteiger partial charge >= 0.3 is 35.6 Å². The molecule has 0 bridgehead atoms. The topological polar surface area (TPSA) is 207 Å². The first-order valence-corrected chi connectivity index (χ1v) is 16.5. The molecule has 45 heavy (non-hydrogen) atoms. The Hall–Kier alpha value is -3.44. The fourth-order valence-electron chi connectivity index (χ4n) is 4.29. The number of nitrogens with zero attached hydrogens (tertiary/aromatic N) is 3. The summed E-state index contributed by atoms with van der Waals surface area (Å²) < 4.78 is 63.3. The molecular weight excluding hydrogens is 655 g/mol. The molecule has 0 radical (unpaired) electrons. The average Bonchev–Trinajstić information content (AvgIpc) is 2.97. The van der Waals surface area contributed by atoms with E-state index in [0.29, 0.717) is 30.2 Å². The number of nitrogens with two attached hydrogens (primary N) is 1. The second-order valence-corrected chi connectivity index (χ2v) is 12.9. The van der Waals surface area contributed by atoms with Gasteiger partial charge in [-0.3, -0.25) is 4.31 Å². The van der Waals surface area contributed by atoms with Gasteiger partial charge in [0.25, 0.3) is 10.0 Å². The molecule has 232 valence electrons. The van der Waals surface area contributed by atoms with E-state index in [1.165, 1.54) is 30.3 Å². The maximum Gasteiger partial charge on any atom is 1.00 e. The predicted molar refractivity (Wildman–Crippen MR) is 168 cm³/mol. The minimum absolute atomic E-state index is 0. The summed E-state index contributed by atoms with van der Waals surface area (Å²) in [5, 5.41) is 24.3. The number of urea groups is 1. The van der Waals surface area contributed by atoms with Crippen LogP contribution in [0.3, 0.4) is 0 Å². The van der Waals surface area contributed by atoms with Crippen molar-refractivity contribution < 1.29 is 60.8 Å². The second-order valence-electron chi connectivity index (χ2n) is 9.31. The smallest absolute Gasteiger partial charge is 0.744 e. The minimum atomic E-state index is -4.86. The van der Waals surface area contributed by atoms with E-state index in [0.717, 1.165) is 16.4 Å². The van der Waals surface area contributed by atoms with E-state index in [1.807, 2.05) is 0 Å². The van der Waals surface area contributed by atoms with Crippen LogP contribution in [0.2, 0.25) is 0 Å². The van der Waals surface area contributed by atoms with Crippen molar-refractivity contribution in [2.45, 2.75) is 23.1 Å². The molecule has 4 rings (SSSR count). The van der Waals surface area contributed by atoms with Crippen molar-refractivity contribution in [1.82, 2.24) is 5.32 Å². The van der Waals surface area contributed by atoms with E-state index in [9.17, 15) is 31.3 Å². The number of halogens is 1. The van der Waals surface area contributed by atoms with Crippen LogP contribution in [0.15, 0.2) is 92.8 Å². The fourth-order valence-corrected chi connectivity index (χ4v) is 6.55. The van der Waals surface area contributed by atoms with Crippen LogP contribution in [0.1, 0.15) is 13.3 Å². The van der Waals surface area contributed by atoms with Crippen LogP contribution in [-0.2, 0) is 20.1 Å². The SMILES string of the molecule is CCN(c1ccc(NC(=O)NCCCCl)cc1)S(=O)(=O)c1ccccc1N=Nc1c(N)ccc2cc(S(=O)(=O)[O-])cc(O)c12.[Na+]. The first-order chi connectivity index (χ1) is 20.9. The van der Waals surface area contributed by atoms with Gasteiger partial charge < -0.3 is 26.0 Å². The van der Waals surface area contributed by atoms with Crippen molar-refractivity contribution >= 4 is 77.0 Å². The number of alkyl halides is 1. The largest absolute Gasteiger partial charge is 1.00 e. The standard InChI is InChI=1S/C28H29ClN6O7S2.Na/c1-2-35(20-11-9-19(10-12-20)32-28(37)31-15-5-14-29)43(38,39)25-7-4-3-6-23(25)33-34-27-22(30)13-8-18-16-21(44(40,41)42)17-24(36)26(18)27;/h3-4,6-13,16-17,36H,2,5,14-15,30H2,1H3,(H2,31,32,37)(H,40,41,42);/q;+1/p-1. The zero-order valence-corrected chi connectivity index (χ0v) is 28.7. The number of fused-ring (bicyclic) bond motifs is 1. The number of carbonyl (C=O) groups is 1. The Bertz CT molecular complexity index is 1940. The van der Waals surface area contributed by atoms with Crippen molar-refractivity contribution in [3.63, 3.8) is 0 Å². The molecule has 0 aliphatic heterocycles. The molecule has 17 heteroatoms. The predicted octanol–water partition coefficient (Wildman–Crippen LogP) is 2.42. The number of azo groups is 1. The van der Waals surface area contributed by atoms with Gasteiger partial charge in [0.1, 0.15) is 32.1 Å². The molecule has 0 aliphatic carbocycles. The van der Waals surface area contributed by atoms with E-state index in [4.69, 9.17) is 17.3 Å². The number of aromatic hydroxyl groups is 1. The number of hydrogen-bond acceptors (Lipinski definition) is 10. The summed E-state index contributed by atoms with van der Waals surface area (Å²) in [4.78, 5) is 11.2. The quantitative estimate of drug-likeness (QED) is 0.0460. The Labute approximate surface area is 287 Å². The van der Waals surface area contributed by atoms with Crippen molar-refractivity contribution in [3.8, 4) is 5.75 Å². The molecule has 0 saturated carbocycles. The molecule has 4 aromatic carbocycles. The number of benzene rings is 4. The van der Waals surface area contributed by atoms with Gasteiger partial charge in [-0.25, -0.2) is 21.6 Å². The Morgan fingerprint density at radius 1 is 1.02 bits per heavy atom. The molecule has 0 fully saturated rings.